The first-order chi connectivity index (χ1) is 8.24. The van der Waals surface area contributed by atoms with Gasteiger partial charge in [-0.2, -0.15) is 5.10 Å². The van der Waals surface area contributed by atoms with E-state index in [9.17, 15) is 4.79 Å². The van der Waals surface area contributed by atoms with Gasteiger partial charge in [0.1, 0.15) is 0 Å². The van der Waals surface area contributed by atoms with E-state index in [2.05, 4.69) is 18.9 Å². The summed E-state index contributed by atoms with van der Waals surface area (Å²) in [6, 6.07) is 0. The normalized spacial score (nSPS) is 24.9. The lowest BCUT2D eigenvalue weighted by Gasteiger charge is -2.18. The molecule has 1 amide bonds. The van der Waals surface area contributed by atoms with E-state index >= 15 is 0 Å². The number of rotatable bonds is 5. The maximum Gasteiger partial charge on any atom is 0.248 e. The zero-order valence-corrected chi connectivity index (χ0v) is 10.8. The molecular weight excluding hydrogens is 216 g/mol. The van der Waals surface area contributed by atoms with Gasteiger partial charge in [-0.25, -0.2) is 5.01 Å². The van der Waals surface area contributed by atoms with E-state index in [0.717, 1.165) is 44.7 Å². The Hall–Kier alpha value is -0.900. The van der Waals surface area contributed by atoms with E-state index < -0.39 is 0 Å². The van der Waals surface area contributed by atoms with Gasteiger partial charge in [0.05, 0.1) is 18.7 Å². The molecule has 1 fully saturated rings. The summed E-state index contributed by atoms with van der Waals surface area (Å²) in [6.07, 6.45) is 3.74. The number of ether oxygens (including phenoxy) is 1. The van der Waals surface area contributed by atoms with Gasteiger partial charge in [0.25, 0.3) is 0 Å². The van der Waals surface area contributed by atoms with Crippen molar-refractivity contribution in [1.82, 2.24) is 5.01 Å². The van der Waals surface area contributed by atoms with E-state index in [1.165, 1.54) is 0 Å². The second kappa shape index (κ2) is 5.63. The topological polar surface area (TPSA) is 41.9 Å². The van der Waals surface area contributed by atoms with Crippen LogP contribution in [0.2, 0.25) is 0 Å². The van der Waals surface area contributed by atoms with E-state index in [1.807, 2.05) is 0 Å². The van der Waals surface area contributed by atoms with Crippen molar-refractivity contribution in [3.05, 3.63) is 0 Å². The molecule has 1 saturated heterocycles. The lowest BCUT2D eigenvalue weighted by Crippen LogP contribution is -2.26. The molecule has 2 rings (SSSR count). The first kappa shape index (κ1) is 12.6. The van der Waals surface area contributed by atoms with Crippen LogP contribution in [0.3, 0.4) is 0 Å². The average molecular weight is 238 g/mol. The van der Waals surface area contributed by atoms with E-state index in [1.54, 1.807) is 5.01 Å². The summed E-state index contributed by atoms with van der Waals surface area (Å²) in [5.74, 6) is 1.12. The Morgan fingerprint density at radius 1 is 1.47 bits per heavy atom. The van der Waals surface area contributed by atoms with E-state index in [-0.39, 0.29) is 5.91 Å². The molecule has 0 radical (unpaired) electrons. The molecule has 1 unspecified atom stereocenters. The smallest absolute Gasteiger partial charge is 0.248 e. The summed E-state index contributed by atoms with van der Waals surface area (Å²) in [6.45, 7) is 6.67. The summed E-state index contributed by atoms with van der Waals surface area (Å²) in [5, 5.41) is 6.19. The van der Waals surface area contributed by atoms with Gasteiger partial charge in [0.2, 0.25) is 5.91 Å². The van der Waals surface area contributed by atoms with Crippen LogP contribution in [0.5, 0.6) is 0 Å². The summed E-state index contributed by atoms with van der Waals surface area (Å²) in [4.78, 5) is 11.9. The molecule has 0 spiro atoms. The summed E-state index contributed by atoms with van der Waals surface area (Å²) >= 11 is 0. The van der Waals surface area contributed by atoms with E-state index in [4.69, 9.17) is 4.74 Å². The van der Waals surface area contributed by atoms with Crippen molar-refractivity contribution in [2.24, 2.45) is 16.9 Å². The molecule has 4 heteroatoms. The Morgan fingerprint density at radius 2 is 2.24 bits per heavy atom. The Kier molecular flexibility index (Phi) is 4.15. The number of nitrogens with zero attached hydrogens (tertiary/aromatic N) is 2. The zero-order valence-electron chi connectivity index (χ0n) is 10.8. The highest BCUT2D eigenvalue weighted by Crippen LogP contribution is 2.23. The fraction of sp³-hybridized carbons (Fsp3) is 0.846. The number of hydrogen-bond donors (Lipinski definition) is 0. The van der Waals surface area contributed by atoms with Crippen molar-refractivity contribution < 1.29 is 9.53 Å². The lowest BCUT2D eigenvalue weighted by atomic mass is 10.0. The highest BCUT2D eigenvalue weighted by atomic mass is 16.5. The minimum atomic E-state index is 0.166. The van der Waals surface area contributed by atoms with Gasteiger partial charge in [0, 0.05) is 19.1 Å². The number of amides is 1. The SMILES string of the molecule is CCC(CC)CN1N=C(C2CCOC2)CC1=O. The maximum atomic E-state index is 11.9. The second-order valence-corrected chi connectivity index (χ2v) is 4.99. The Bertz CT molecular complexity index is 305. The third kappa shape index (κ3) is 2.86. The Balaban J connectivity index is 1.95. The molecule has 2 heterocycles. The van der Waals surface area contributed by atoms with Gasteiger partial charge in [-0.1, -0.05) is 26.7 Å². The molecule has 4 nitrogen and oxygen atoms in total. The Morgan fingerprint density at radius 3 is 2.82 bits per heavy atom. The van der Waals surface area contributed by atoms with Crippen molar-refractivity contribution in [3.8, 4) is 0 Å². The van der Waals surface area contributed by atoms with Crippen molar-refractivity contribution in [2.75, 3.05) is 19.8 Å². The van der Waals surface area contributed by atoms with Crippen LogP contribution in [-0.2, 0) is 9.53 Å². The quantitative estimate of drug-likeness (QED) is 0.735. The van der Waals surface area contributed by atoms with Crippen LogP contribution in [0.25, 0.3) is 0 Å². The third-order valence-corrected chi connectivity index (χ3v) is 3.86. The predicted octanol–water partition coefficient (Wildman–Crippen LogP) is 2.05. The number of carbonyl (C=O) groups excluding carboxylic acids is 1. The minimum Gasteiger partial charge on any atom is -0.381 e. The molecule has 0 aromatic carbocycles. The summed E-state index contributed by atoms with van der Waals surface area (Å²) in [5.41, 5.74) is 1.04. The molecule has 0 aromatic heterocycles. The van der Waals surface area contributed by atoms with Gasteiger partial charge < -0.3 is 4.74 Å². The molecule has 0 saturated carbocycles. The van der Waals surface area contributed by atoms with Crippen LogP contribution in [0.1, 0.15) is 39.5 Å². The molecule has 0 aliphatic carbocycles. The lowest BCUT2D eigenvalue weighted by molar-refractivity contribution is -0.129. The largest absolute Gasteiger partial charge is 0.381 e. The molecule has 1 atom stereocenters. The molecular formula is C13H22N2O2. The number of hydrazone groups is 1. The van der Waals surface area contributed by atoms with Gasteiger partial charge in [-0.05, 0) is 12.3 Å². The molecule has 96 valence electrons. The van der Waals surface area contributed by atoms with Gasteiger partial charge in [-0.3, -0.25) is 4.79 Å². The third-order valence-electron chi connectivity index (χ3n) is 3.86. The molecule has 0 bridgehead atoms. The van der Waals surface area contributed by atoms with Crippen molar-refractivity contribution in [3.63, 3.8) is 0 Å². The van der Waals surface area contributed by atoms with Crippen LogP contribution in [0, 0.1) is 11.8 Å². The molecule has 2 aliphatic rings. The standard InChI is InChI=1S/C13H22N2O2/c1-3-10(4-2)8-15-13(16)7-12(14-15)11-5-6-17-9-11/h10-11H,3-9H2,1-2H3. The predicted molar refractivity (Wildman–Crippen MR) is 66.8 cm³/mol. The van der Waals surface area contributed by atoms with Gasteiger partial charge >= 0.3 is 0 Å². The number of carbonyl (C=O) groups is 1. The highest BCUT2D eigenvalue weighted by Gasteiger charge is 2.31. The summed E-state index contributed by atoms with van der Waals surface area (Å²) < 4.78 is 5.35. The first-order valence-electron chi connectivity index (χ1n) is 6.70. The van der Waals surface area contributed by atoms with Gasteiger partial charge in [0.15, 0.2) is 0 Å². The van der Waals surface area contributed by atoms with E-state index in [0.29, 0.717) is 18.3 Å². The summed E-state index contributed by atoms with van der Waals surface area (Å²) in [7, 11) is 0. The number of hydrogen-bond acceptors (Lipinski definition) is 3. The van der Waals surface area contributed by atoms with Crippen LogP contribution in [-0.4, -0.2) is 36.4 Å². The first-order valence-corrected chi connectivity index (χ1v) is 6.70. The molecule has 0 aromatic rings. The van der Waals surface area contributed by atoms with Crippen LogP contribution in [0.15, 0.2) is 5.10 Å². The molecule has 2 aliphatic heterocycles. The van der Waals surface area contributed by atoms with Crippen molar-refractivity contribution in [2.45, 2.75) is 39.5 Å². The van der Waals surface area contributed by atoms with Gasteiger partial charge in [-0.15, -0.1) is 0 Å². The van der Waals surface area contributed by atoms with Crippen molar-refractivity contribution >= 4 is 11.6 Å². The fourth-order valence-corrected chi connectivity index (χ4v) is 2.45. The Labute approximate surface area is 103 Å². The fourth-order valence-electron chi connectivity index (χ4n) is 2.45. The highest BCUT2D eigenvalue weighted by molar-refractivity contribution is 6.06. The van der Waals surface area contributed by atoms with Crippen LogP contribution in [0.4, 0.5) is 0 Å². The molecule has 17 heavy (non-hydrogen) atoms. The molecule has 0 N–H and O–H groups in total. The monoisotopic (exact) mass is 238 g/mol. The average Bonchev–Trinajstić information content (AvgIpc) is 2.95. The van der Waals surface area contributed by atoms with Crippen molar-refractivity contribution in [1.29, 1.82) is 0 Å². The van der Waals surface area contributed by atoms with Crippen LogP contribution < -0.4 is 0 Å². The zero-order chi connectivity index (χ0) is 12.3. The minimum absolute atomic E-state index is 0.166. The second-order valence-electron chi connectivity index (χ2n) is 4.99. The maximum absolute atomic E-state index is 11.9. The van der Waals surface area contributed by atoms with Crippen LogP contribution >= 0.6 is 0 Å².